The highest BCUT2D eigenvalue weighted by Crippen LogP contribution is 2.40. The smallest absolute Gasteiger partial charge is 0.335 e. The minimum Gasteiger partial charge on any atom is -0.497 e. The highest BCUT2D eigenvalue weighted by atomic mass is 35.5. The maximum atomic E-state index is 12.8. The number of rotatable bonds is 6. The number of carbonyl (C=O) groups is 1. The van der Waals surface area contributed by atoms with Crippen LogP contribution in [0.4, 0.5) is 0 Å². The van der Waals surface area contributed by atoms with E-state index in [1.807, 2.05) is 0 Å². The van der Waals surface area contributed by atoms with Gasteiger partial charge in [-0.05, 0) is 36.4 Å². The van der Waals surface area contributed by atoms with Crippen LogP contribution in [0.5, 0.6) is 17.4 Å². The van der Waals surface area contributed by atoms with Crippen LogP contribution < -0.4 is 20.7 Å². The number of nitrogens with zero attached hydrogens (tertiary/aromatic N) is 3. The predicted molar refractivity (Wildman–Crippen MR) is 130 cm³/mol. The van der Waals surface area contributed by atoms with Crippen molar-refractivity contribution in [2.45, 2.75) is 25.8 Å². The first-order valence-electron chi connectivity index (χ1n) is 10.7. The minimum atomic E-state index is -0.843. The standard InChI is InChI=1S/C24H23ClN4O6/c1-4-20(30)29-18(16-11-15(34-2)8-9-19(16)35-3)12-17(27-29)21-22(31)26-24(33)28(23(21)32)14-7-5-6-13(25)10-14/h5-11,18,32H,4,12H2,1-3H3,(H,26,31,33)/t18-/m1/s1. The third-order valence-electron chi connectivity index (χ3n) is 5.71. The Labute approximate surface area is 205 Å². The third kappa shape index (κ3) is 4.40. The van der Waals surface area contributed by atoms with Crippen LogP contribution in [0, 0.1) is 0 Å². The van der Waals surface area contributed by atoms with Crippen molar-refractivity contribution in [2.75, 3.05) is 14.2 Å². The number of carbonyl (C=O) groups excluding carboxylic acids is 1. The molecule has 1 aromatic heterocycles. The first-order chi connectivity index (χ1) is 16.8. The van der Waals surface area contributed by atoms with Crippen LogP contribution in [-0.2, 0) is 4.79 Å². The number of hydrogen-bond donors (Lipinski definition) is 2. The van der Waals surface area contributed by atoms with Crippen LogP contribution in [0.3, 0.4) is 0 Å². The zero-order valence-electron chi connectivity index (χ0n) is 19.2. The molecule has 182 valence electrons. The van der Waals surface area contributed by atoms with Crippen LogP contribution in [0.1, 0.15) is 36.9 Å². The molecule has 2 aromatic carbocycles. The van der Waals surface area contributed by atoms with Gasteiger partial charge in [-0.1, -0.05) is 24.6 Å². The molecule has 4 rings (SSSR count). The fourth-order valence-electron chi connectivity index (χ4n) is 4.04. The summed E-state index contributed by atoms with van der Waals surface area (Å²) in [5.41, 5.74) is -0.884. The molecule has 1 aliphatic heterocycles. The summed E-state index contributed by atoms with van der Waals surface area (Å²) >= 11 is 6.05. The summed E-state index contributed by atoms with van der Waals surface area (Å²) in [6.07, 6.45) is 0.240. The van der Waals surface area contributed by atoms with E-state index in [9.17, 15) is 19.5 Å². The Kier molecular flexibility index (Phi) is 6.65. The summed E-state index contributed by atoms with van der Waals surface area (Å²) in [5, 5.41) is 17.1. The number of halogens is 1. The summed E-state index contributed by atoms with van der Waals surface area (Å²) in [5.74, 6) is 0.146. The molecule has 2 heterocycles. The molecule has 0 spiro atoms. The summed E-state index contributed by atoms with van der Waals surface area (Å²) in [6.45, 7) is 1.69. The van der Waals surface area contributed by atoms with Gasteiger partial charge in [-0.3, -0.25) is 14.6 Å². The summed E-state index contributed by atoms with van der Waals surface area (Å²) in [4.78, 5) is 40.4. The number of benzene rings is 2. The molecule has 0 saturated heterocycles. The molecule has 1 atom stereocenters. The number of amides is 1. The lowest BCUT2D eigenvalue weighted by Gasteiger charge is -2.23. The fraction of sp³-hybridized carbons (Fsp3) is 0.250. The number of nitrogens with one attached hydrogen (secondary N) is 1. The number of ether oxygens (including phenoxy) is 2. The Morgan fingerprint density at radius 2 is 1.97 bits per heavy atom. The fourth-order valence-corrected chi connectivity index (χ4v) is 4.22. The van der Waals surface area contributed by atoms with E-state index < -0.39 is 23.2 Å². The van der Waals surface area contributed by atoms with E-state index in [0.717, 1.165) is 4.57 Å². The number of aromatic amines is 1. The molecule has 0 fully saturated rings. The quantitative estimate of drug-likeness (QED) is 0.538. The summed E-state index contributed by atoms with van der Waals surface area (Å²) in [7, 11) is 3.03. The molecule has 10 nitrogen and oxygen atoms in total. The second-order valence-electron chi connectivity index (χ2n) is 7.74. The lowest BCUT2D eigenvalue weighted by atomic mass is 9.98. The van der Waals surface area contributed by atoms with E-state index in [0.29, 0.717) is 22.1 Å². The second kappa shape index (κ2) is 9.67. The molecule has 2 N–H and O–H groups in total. The Morgan fingerprint density at radius 3 is 2.63 bits per heavy atom. The molecule has 0 radical (unpaired) electrons. The maximum Gasteiger partial charge on any atom is 0.335 e. The van der Waals surface area contributed by atoms with Crippen molar-refractivity contribution in [3.8, 4) is 23.1 Å². The molecule has 1 amide bonds. The first kappa shape index (κ1) is 24.1. The molecule has 0 saturated carbocycles. The van der Waals surface area contributed by atoms with Gasteiger partial charge < -0.3 is 14.6 Å². The lowest BCUT2D eigenvalue weighted by Crippen LogP contribution is -2.33. The van der Waals surface area contributed by atoms with Gasteiger partial charge in [0.15, 0.2) is 0 Å². The Bertz CT molecular complexity index is 1440. The average Bonchev–Trinajstić information content (AvgIpc) is 3.27. The summed E-state index contributed by atoms with van der Waals surface area (Å²) in [6, 6.07) is 10.8. The Balaban J connectivity index is 1.87. The monoisotopic (exact) mass is 498 g/mol. The van der Waals surface area contributed by atoms with Crippen molar-refractivity contribution < 1.29 is 19.4 Å². The van der Waals surface area contributed by atoms with E-state index >= 15 is 0 Å². The van der Waals surface area contributed by atoms with E-state index in [1.54, 1.807) is 43.3 Å². The molecule has 35 heavy (non-hydrogen) atoms. The van der Waals surface area contributed by atoms with Crippen LogP contribution >= 0.6 is 11.6 Å². The number of aromatic hydroxyl groups is 1. The van der Waals surface area contributed by atoms with E-state index in [-0.39, 0.29) is 35.7 Å². The number of hydrogen-bond acceptors (Lipinski definition) is 7. The highest BCUT2D eigenvalue weighted by Gasteiger charge is 2.37. The van der Waals surface area contributed by atoms with Gasteiger partial charge in [-0.2, -0.15) is 5.10 Å². The number of H-pyrrole nitrogens is 1. The average molecular weight is 499 g/mol. The van der Waals surface area contributed by atoms with Crippen molar-refractivity contribution in [3.05, 3.63) is 79.5 Å². The molecule has 0 bridgehead atoms. The molecule has 0 unspecified atom stereocenters. The van der Waals surface area contributed by atoms with Crippen molar-refractivity contribution >= 4 is 23.2 Å². The van der Waals surface area contributed by atoms with Gasteiger partial charge in [0.2, 0.25) is 11.8 Å². The molecule has 3 aromatic rings. The molecule has 11 heteroatoms. The van der Waals surface area contributed by atoms with Crippen molar-refractivity contribution in [1.82, 2.24) is 14.6 Å². The van der Waals surface area contributed by atoms with Gasteiger partial charge in [0.25, 0.3) is 5.56 Å². The van der Waals surface area contributed by atoms with Gasteiger partial charge in [-0.15, -0.1) is 0 Å². The molecular formula is C24H23ClN4O6. The van der Waals surface area contributed by atoms with Crippen molar-refractivity contribution in [2.24, 2.45) is 5.10 Å². The van der Waals surface area contributed by atoms with Crippen LogP contribution in [0.2, 0.25) is 5.02 Å². The largest absolute Gasteiger partial charge is 0.497 e. The third-order valence-corrected chi connectivity index (χ3v) is 5.94. The minimum absolute atomic E-state index is 0.0830. The topological polar surface area (TPSA) is 126 Å². The van der Waals surface area contributed by atoms with Gasteiger partial charge in [-0.25, -0.2) is 14.4 Å². The Hall–Kier alpha value is -4.05. The number of methoxy groups -OCH3 is 2. The van der Waals surface area contributed by atoms with Gasteiger partial charge in [0.1, 0.15) is 17.1 Å². The van der Waals surface area contributed by atoms with Gasteiger partial charge >= 0.3 is 5.69 Å². The zero-order chi connectivity index (χ0) is 25.3. The van der Waals surface area contributed by atoms with Crippen molar-refractivity contribution in [1.29, 1.82) is 0 Å². The lowest BCUT2D eigenvalue weighted by molar-refractivity contribution is -0.132. The number of hydrazone groups is 1. The van der Waals surface area contributed by atoms with Crippen LogP contribution in [-0.4, -0.2) is 45.5 Å². The zero-order valence-corrected chi connectivity index (χ0v) is 20.0. The Morgan fingerprint density at radius 1 is 1.20 bits per heavy atom. The SMILES string of the molecule is CCC(=O)N1N=C(c2c(O)n(-c3cccc(Cl)c3)c(=O)[nH]c2=O)C[C@@H]1c1cc(OC)ccc1OC. The van der Waals surface area contributed by atoms with E-state index in [2.05, 4.69) is 10.1 Å². The second-order valence-corrected chi connectivity index (χ2v) is 8.18. The molecule has 0 aliphatic carbocycles. The maximum absolute atomic E-state index is 12.8. The predicted octanol–water partition coefficient (Wildman–Crippen LogP) is 2.99. The van der Waals surface area contributed by atoms with Crippen molar-refractivity contribution in [3.63, 3.8) is 0 Å². The number of aromatic nitrogens is 2. The summed E-state index contributed by atoms with van der Waals surface area (Å²) < 4.78 is 11.8. The van der Waals surface area contributed by atoms with E-state index in [1.165, 1.54) is 25.3 Å². The molecular weight excluding hydrogens is 476 g/mol. The first-order valence-corrected chi connectivity index (χ1v) is 11.1. The van der Waals surface area contributed by atoms with Gasteiger partial charge in [0.05, 0.1) is 31.7 Å². The van der Waals surface area contributed by atoms with Crippen LogP contribution in [0.15, 0.2) is 57.2 Å². The normalized spacial score (nSPS) is 15.1. The van der Waals surface area contributed by atoms with Gasteiger partial charge in [0, 0.05) is 23.4 Å². The van der Waals surface area contributed by atoms with Crippen LogP contribution in [0.25, 0.3) is 5.69 Å². The molecule has 1 aliphatic rings. The highest BCUT2D eigenvalue weighted by molar-refractivity contribution is 6.30. The van der Waals surface area contributed by atoms with E-state index in [4.69, 9.17) is 21.1 Å².